The molecule has 0 amide bonds. The van der Waals surface area contributed by atoms with Gasteiger partial charge in [-0.3, -0.25) is 0 Å². The molecule has 0 N–H and O–H groups in total. The van der Waals surface area contributed by atoms with Crippen molar-refractivity contribution in [1.82, 2.24) is 0 Å². The minimum atomic E-state index is -2.12. The van der Waals surface area contributed by atoms with Gasteiger partial charge in [-0.2, -0.15) is 0 Å². The van der Waals surface area contributed by atoms with Crippen molar-refractivity contribution in [3.63, 3.8) is 0 Å². The van der Waals surface area contributed by atoms with Gasteiger partial charge in [-0.1, -0.05) is 382 Å². The van der Waals surface area contributed by atoms with Gasteiger partial charge in [0.15, 0.2) is 23.3 Å². The molecule has 548 valence electrons. The molecule has 0 atom stereocenters. The molecule has 0 saturated carbocycles. The summed E-state index contributed by atoms with van der Waals surface area (Å²) in [4.78, 5) is 0. The lowest BCUT2D eigenvalue weighted by molar-refractivity contribution is 0.366. The number of hydrogen-bond acceptors (Lipinski definition) is 0. The topological polar surface area (TPSA) is 0 Å². The third-order valence-corrected chi connectivity index (χ3v) is 17.6. The van der Waals surface area contributed by atoms with Crippen molar-refractivity contribution in [2.24, 2.45) is 5.92 Å². The summed E-state index contributed by atoms with van der Waals surface area (Å²) in [5.41, 5.74) is 10.1. The van der Waals surface area contributed by atoms with Gasteiger partial charge in [0, 0.05) is 46.1 Å². The van der Waals surface area contributed by atoms with E-state index < -0.39 is 40.6 Å². The second-order valence-electron chi connectivity index (χ2n) is 26.9. The molecule has 10 aromatic carbocycles. The van der Waals surface area contributed by atoms with Crippen molar-refractivity contribution >= 4 is 87.3 Å². The van der Waals surface area contributed by atoms with E-state index >= 15 is 0 Å². The fourth-order valence-corrected chi connectivity index (χ4v) is 11.6. The van der Waals surface area contributed by atoms with E-state index in [4.69, 9.17) is 81.2 Å². The predicted molar refractivity (Wildman–Crippen MR) is 434 cm³/mol. The van der Waals surface area contributed by atoms with Crippen molar-refractivity contribution < 1.29 is 26.3 Å². The van der Waals surface area contributed by atoms with Crippen LogP contribution in [0.5, 0.6) is 0 Å². The Bertz CT molecular complexity index is 3880. The van der Waals surface area contributed by atoms with Gasteiger partial charge in [-0.15, -0.1) is 0 Å². The molecule has 102 heavy (non-hydrogen) atoms. The van der Waals surface area contributed by atoms with Crippen LogP contribution in [0.4, 0.5) is 26.3 Å². The van der Waals surface area contributed by atoms with E-state index in [-0.39, 0.29) is 17.2 Å². The zero-order chi connectivity index (χ0) is 77.0. The zero-order valence-electron chi connectivity index (χ0n) is 62.0. The third kappa shape index (κ3) is 33.1. The van der Waals surface area contributed by atoms with Crippen LogP contribution in [-0.4, -0.2) is 0 Å². The van der Waals surface area contributed by atoms with E-state index in [1.807, 2.05) is 111 Å². The molecule has 0 spiro atoms. The Morgan fingerprint density at radius 1 is 0.284 bits per heavy atom. The number of rotatable bonds is 11. The molecule has 0 radical (unpaired) electrons. The Kier molecular flexibility index (Phi) is 43.0. The molecule has 0 aliphatic rings. The number of benzene rings is 10. The summed E-state index contributed by atoms with van der Waals surface area (Å²) in [6.45, 7) is 36.8. The number of allylic oxidation sites excluding steroid dienone is 1. The highest BCUT2D eigenvalue weighted by atomic mass is 35.5. The summed E-state index contributed by atoms with van der Waals surface area (Å²) in [7, 11) is 0. The van der Waals surface area contributed by atoms with E-state index in [1.54, 1.807) is 12.1 Å². The van der Waals surface area contributed by atoms with Crippen LogP contribution in [0.2, 0.25) is 35.2 Å². The van der Waals surface area contributed by atoms with Crippen LogP contribution in [0, 0.1) is 40.8 Å². The van der Waals surface area contributed by atoms with Crippen molar-refractivity contribution in [2.75, 3.05) is 0 Å². The van der Waals surface area contributed by atoms with Crippen LogP contribution in [0.1, 0.15) is 222 Å². The molecule has 0 heterocycles. The van der Waals surface area contributed by atoms with Gasteiger partial charge >= 0.3 is 0 Å². The number of hydrogen-bond donors (Lipinski definition) is 0. The lowest BCUT2D eigenvalue weighted by atomic mass is 9.78. The van der Waals surface area contributed by atoms with Gasteiger partial charge in [0.25, 0.3) is 0 Å². The summed E-state index contributed by atoms with van der Waals surface area (Å²) in [6, 6.07) is 73.6. The Labute approximate surface area is 642 Å². The highest BCUT2D eigenvalue weighted by Crippen LogP contribution is 2.34. The Morgan fingerprint density at radius 2 is 0.657 bits per heavy atom. The minimum Gasteiger partial charge on any atom is -0.207 e. The first-order chi connectivity index (χ1) is 47.9. The fraction of sp³-hybridized carbons (Fsp3) is 0.303. The van der Waals surface area contributed by atoms with E-state index in [1.165, 1.54) is 53.3 Å². The average molecular weight is 1530 g/mol. The second-order valence-corrected chi connectivity index (χ2v) is 29.8. The van der Waals surface area contributed by atoms with E-state index in [9.17, 15) is 26.3 Å². The molecule has 0 aromatic heterocycles. The zero-order valence-corrected chi connectivity index (χ0v) is 67.3. The first-order valence-corrected chi connectivity index (χ1v) is 36.8. The smallest absolute Gasteiger partial charge is 0.200 e. The monoisotopic (exact) mass is 1530 g/mol. The Hall–Kier alpha value is -6.45. The summed E-state index contributed by atoms with van der Waals surface area (Å²) in [6.07, 6.45) is 4.36. The van der Waals surface area contributed by atoms with Crippen molar-refractivity contribution in [1.29, 1.82) is 0 Å². The van der Waals surface area contributed by atoms with Gasteiger partial charge in [0.05, 0.1) is 0 Å². The van der Waals surface area contributed by atoms with Crippen molar-refractivity contribution in [2.45, 2.75) is 171 Å². The summed E-state index contributed by atoms with van der Waals surface area (Å²) < 4.78 is 76.4. The highest BCUT2D eigenvalue weighted by molar-refractivity contribution is 6.36. The Morgan fingerprint density at radius 3 is 1.02 bits per heavy atom. The maximum absolute atomic E-state index is 12.9. The molecule has 10 rings (SSSR count). The molecular formula is C89H101Cl7F6. The fourth-order valence-electron chi connectivity index (χ4n) is 9.50. The first kappa shape index (κ1) is 91.6. The van der Waals surface area contributed by atoms with E-state index in [2.05, 4.69) is 218 Å². The van der Waals surface area contributed by atoms with E-state index in [0.29, 0.717) is 40.5 Å². The van der Waals surface area contributed by atoms with Gasteiger partial charge in [-0.25, -0.2) is 26.3 Å². The largest absolute Gasteiger partial charge is 0.207 e. The summed E-state index contributed by atoms with van der Waals surface area (Å²) in [5.74, 6) is -6.84. The molecule has 0 aliphatic carbocycles. The molecule has 10 aromatic rings. The predicted octanol–water partition coefficient (Wildman–Crippen LogP) is 32.4. The van der Waals surface area contributed by atoms with Crippen molar-refractivity contribution in [3.8, 4) is 0 Å². The Balaban J connectivity index is 0.000000392. The molecule has 0 fully saturated rings. The maximum atomic E-state index is 12.9. The minimum absolute atomic E-state index is 0.0858. The molecular weight excluding hydrogens is 1430 g/mol. The maximum Gasteiger partial charge on any atom is 0.200 e. The van der Waals surface area contributed by atoms with Crippen LogP contribution in [0.25, 0.3) is 6.08 Å². The molecule has 0 nitrogen and oxygen atoms in total. The molecule has 13 heteroatoms. The van der Waals surface area contributed by atoms with Crippen LogP contribution in [-0.2, 0) is 5.41 Å². The van der Waals surface area contributed by atoms with Crippen LogP contribution in [0.3, 0.4) is 0 Å². The molecule has 0 aliphatic heterocycles. The molecule has 0 bridgehead atoms. The normalized spacial score (nSPS) is 10.8. The summed E-state index contributed by atoms with van der Waals surface area (Å²) >= 11 is 41.0. The van der Waals surface area contributed by atoms with Crippen LogP contribution < -0.4 is 0 Å². The standard InChI is InChI=1S/C15H16.C11H14.2C9H10Cl2.3C9H11Cl.C9H7F5.C9H11F/c1-15(2,13-9-5-3-6-10-13)14-11-7-4-8-12-14;1-10(2)8-9-11-6-4-3-5-7-11;1-6(2)8-4-3-7(10)5-9(8)11;1-6(2)9-7(10)4-3-5-8(9)11;1-7(2)8-3-5-9(10)6-4-8;1-7(2)8-4-3-5-9(10)6-8;1-7(2)8-5-3-4-6-9(8)10;1-3(2)4-5(10)7(12)9(14)8(13)6(4)11;1-7(2)8-5-3-4-6-9(8)10/h3-12H,1-2H3;3-10H,1-2H3;2*3-6H,1-2H3;3*3-7H,1-2H3;3H,1-2H3;3-7H,1-2H3/b;9-8+;;;;;;;. The van der Waals surface area contributed by atoms with Gasteiger partial charge in [-0.05, 0) is 158 Å². The van der Waals surface area contributed by atoms with Gasteiger partial charge in [0.2, 0.25) is 5.82 Å². The van der Waals surface area contributed by atoms with Crippen LogP contribution in [0.15, 0.2) is 231 Å². The third-order valence-electron chi connectivity index (χ3n) is 15.6. The molecule has 0 saturated heterocycles. The lowest BCUT2D eigenvalue weighted by Crippen LogP contribution is -2.18. The van der Waals surface area contributed by atoms with Crippen molar-refractivity contribution in [3.05, 3.63) is 356 Å². The van der Waals surface area contributed by atoms with Gasteiger partial charge in [0.1, 0.15) is 5.82 Å². The number of halogens is 13. The average Bonchev–Trinajstić information content (AvgIpc) is 0.798. The molecule has 0 unspecified atom stereocenters. The van der Waals surface area contributed by atoms with E-state index in [0.717, 1.165) is 46.8 Å². The highest BCUT2D eigenvalue weighted by Gasteiger charge is 2.27. The van der Waals surface area contributed by atoms with Crippen LogP contribution >= 0.6 is 81.2 Å². The first-order valence-electron chi connectivity index (χ1n) is 34.2. The van der Waals surface area contributed by atoms with Gasteiger partial charge < -0.3 is 0 Å². The second kappa shape index (κ2) is 47.8. The lowest BCUT2D eigenvalue weighted by Gasteiger charge is -2.25. The SMILES string of the molecule is CC(C)(c1ccccc1)c1ccccc1.CC(C)/C=C/c1ccccc1.CC(C)c1c(Cl)cccc1Cl.CC(C)c1c(F)c(F)c(F)c(F)c1F.CC(C)c1ccc(Cl)cc1.CC(C)c1ccc(Cl)cc1Cl.CC(C)c1cccc(Cl)c1.CC(C)c1ccccc1Cl.CC(C)c1ccccc1F. The quantitative estimate of drug-likeness (QED) is 0.0688. The summed E-state index contributed by atoms with van der Waals surface area (Å²) in [5, 5.41) is 5.47.